The van der Waals surface area contributed by atoms with E-state index in [-0.39, 0.29) is 6.10 Å². The van der Waals surface area contributed by atoms with Gasteiger partial charge in [-0.05, 0) is 86.4 Å². The zero-order chi connectivity index (χ0) is 16.9. The highest BCUT2D eigenvalue weighted by molar-refractivity contribution is 5.25. The number of allylic oxidation sites excluding steroid dienone is 1. The number of fused-ring (bicyclic) bond motifs is 5. The van der Waals surface area contributed by atoms with Gasteiger partial charge in [0.05, 0.1) is 12.2 Å². The van der Waals surface area contributed by atoms with E-state index >= 15 is 0 Å². The Kier molecular flexibility index (Phi) is 4.36. The Morgan fingerprint density at radius 1 is 1.08 bits per heavy atom. The summed E-state index contributed by atoms with van der Waals surface area (Å²) in [4.78, 5) is 0. The first kappa shape index (κ1) is 17.1. The third kappa shape index (κ3) is 2.43. The number of ether oxygens (including phenoxy) is 1. The maximum Gasteiger partial charge on any atom is 0.0724 e. The standard InChI is InChI=1S/C22H36O2/c1-4-13-24-20-8-7-18-17-6-5-15-14-16(23)9-11-21(15,2)19(17)10-12-22(18,20)3/h14,16-20,23H,4-13H2,1-3H3/t16-,17-,18+,19+,20-,21-,22-/m0/s1. The van der Waals surface area contributed by atoms with Gasteiger partial charge in [0.1, 0.15) is 0 Å². The molecule has 4 rings (SSSR count). The molecule has 2 nitrogen and oxygen atoms in total. The van der Waals surface area contributed by atoms with Crippen LogP contribution in [-0.4, -0.2) is 23.9 Å². The molecule has 7 atom stereocenters. The average molecular weight is 333 g/mol. The number of aliphatic hydroxyl groups is 1. The zero-order valence-electron chi connectivity index (χ0n) is 15.9. The van der Waals surface area contributed by atoms with Crippen molar-refractivity contribution in [2.24, 2.45) is 28.6 Å². The Labute approximate surface area is 148 Å². The average Bonchev–Trinajstić information content (AvgIpc) is 2.90. The summed E-state index contributed by atoms with van der Waals surface area (Å²) in [6.07, 6.45) is 13.8. The number of hydrogen-bond acceptors (Lipinski definition) is 2. The Balaban J connectivity index is 1.58. The van der Waals surface area contributed by atoms with Gasteiger partial charge in [0, 0.05) is 6.61 Å². The molecule has 0 heterocycles. The van der Waals surface area contributed by atoms with Crippen LogP contribution in [0.1, 0.15) is 78.6 Å². The first-order chi connectivity index (χ1) is 11.5. The molecule has 0 aromatic rings. The van der Waals surface area contributed by atoms with Crippen LogP contribution >= 0.6 is 0 Å². The molecule has 0 bridgehead atoms. The van der Waals surface area contributed by atoms with Crippen LogP contribution in [0.25, 0.3) is 0 Å². The van der Waals surface area contributed by atoms with Gasteiger partial charge >= 0.3 is 0 Å². The summed E-state index contributed by atoms with van der Waals surface area (Å²) in [6, 6.07) is 0. The first-order valence-electron chi connectivity index (χ1n) is 10.5. The van der Waals surface area contributed by atoms with Gasteiger partial charge in [-0.3, -0.25) is 0 Å². The minimum atomic E-state index is -0.184. The van der Waals surface area contributed by atoms with E-state index in [1.807, 2.05) is 0 Å². The lowest BCUT2D eigenvalue weighted by Crippen LogP contribution is -2.51. The molecule has 3 fully saturated rings. The van der Waals surface area contributed by atoms with Crippen molar-refractivity contribution in [1.82, 2.24) is 0 Å². The van der Waals surface area contributed by atoms with Crippen molar-refractivity contribution >= 4 is 0 Å². The minimum absolute atomic E-state index is 0.184. The Bertz CT molecular complexity index is 512. The lowest BCUT2D eigenvalue weighted by atomic mass is 9.47. The highest BCUT2D eigenvalue weighted by atomic mass is 16.5. The summed E-state index contributed by atoms with van der Waals surface area (Å²) in [6.45, 7) is 8.21. The molecule has 0 saturated heterocycles. The van der Waals surface area contributed by atoms with Crippen molar-refractivity contribution in [1.29, 1.82) is 0 Å². The van der Waals surface area contributed by atoms with Crippen molar-refractivity contribution < 1.29 is 9.84 Å². The number of hydrogen-bond donors (Lipinski definition) is 1. The summed E-state index contributed by atoms with van der Waals surface area (Å²) in [5.74, 6) is 2.59. The van der Waals surface area contributed by atoms with Gasteiger partial charge in [-0.2, -0.15) is 0 Å². The molecule has 0 spiro atoms. The lowest BCUT2D eigenvalue weighted by molar-refractivity contribution is -0.0969. The first-order valence-corrected chi connectivity index (χ1v) is 10.5. The molecule has 4 aliphatic rings. The van der Waals surface area contributed by atoms with Crippen LogP contribution in [0, 0.1) is 28.6 Å². The maximum atomic E-state index is 10.1. The fourth-order valence-corrected chi connectivity index (χ4v) is 7.20. The van der Waals surface area contributed by atoms with Crippen molar-refractivity contribution in [2.45, 2.75) is 90.8 Å². The molecule has 0 aromatic heterocycles. The zero-order valence-corrected chi connectivity index (χ0v) is 15.9. The molecule has 0 amide bonds. The molecule has 24 heavy (non-hydrogen) atoms. The van der Waals surface area contributed by atoms with E-state index in [0.717, 1.165) is 37.2 Å². The Hall–Kier alpha value is -0.340. The molecule has 1 N–H and O–H groups in total. The minimum Gasteiger partial charge on any atom is -0.389 e. The highest BCUT2D eigenvalue weighted by Gasteiger charge is 2.59. The van der Waals surface area contributed by atoms with Gasteiger partial charge in [0.2, 0.25) is 0 Å². The molecule has 2 heteroatoms. The second kappa shape index (κ2) is 6.13. The molecular weight excluding hydrogens is 296 g/mol. The van der Waals surface area contributed by atoms with Gasteiger partial charge in [0.15, 0.2) is 0 Å². The van der Waals surface area contributed by atoms with Gasteiger partial charge in [-0.25, -0.2) is 0 Å². The molecule has 0 aliphatic heterocycles. The molecule has 136 valence electrons. The topological polar surface area (TPSA) is 29.5 Å². The molecule has 0 aromatic carbocycles. The molecular formula is C22H36O2. The third-order valence-corrected chi connectivity index (χ3v) is 8.53. The van der Waals surface area contributed by atoms with Crippen molar-refractivity contribution in [2.75, 3.05) is 6.61 Å². The SMILES string of the molecule is CCCO[C@H]1CC[C@@H]2[C@@H]3CCC4=C[C@@H](O)CC[C@]4(C)[C@@H]3CC[C@]12C. The molecule has 0 unspecified atom stereocenters. The number of rotatable bonds is 3. The van der Waals surface area contributed by atoms with Crippen LogP contribution in [0.3, 0.4) is 0 Å². The molecule has 3 saturated carbocycles. The Morgan fingerprint density at radius 2 is 1.92 bits per heavy atom. The predicted octanol–water partition coefficient (Wildman–Crippen LogP) is 5.11. The van der Waals surface area contributed by atoms with E-state index in [9.17, 15) is 5.11 Å². The fourth-order valence-electron chi connectivity index (χ4n) is 7.20. The number of aliphatic hydroxyl groups excluding tert-OH is 1. The summed E-state index contributed by atoms with van der Waals surface area (Å²) < 4.78 is 6.31. The van der Waals surface area contributed by atoms with E-state index in [2.05, 4.69) is 26.8 Å². The highest BCUT2D eigenvalue weighted by Crippen LogP contribution is 2.65. The normalized spacial score (nSPS) is 50.7. The van der Waals surface area contributed by atoms with E-state index < -0.39 is 0 Å². The fraction of sp³-hybridized carbons (Fsp3) is 0.909. The monoisotopic (exact) mass is 332 g/mol. The summed E-state index contributed by atoms with van der Waals surface area (Å²) in [7, 11) is 0. The van der Waals surface area contributed by atoms with Gasteiger partial charge < -0.3 is 9.84 Å². The quantitative estimate of drug-likeness (QED) is 0.728. The second-order valence-electron chi connectivity index (χ2n) is 9.61. The molecule has 4 aliphatic carbocycles. The predicted molar refractivity (Wildman–Crippen MR) is 97.7 cm³/mol. The van der Waals surface area contributed by atoms with Crippen LogP contribution in [0.15, 0.2) is 11.6 Å². The molecule has 0 radical (unpaired) electrons. The van der Waals surface area contributed by atoms with Gasteiger partial charge in [-0.15, -0.1) is 0 Å². The van der Waals surface area contributed by atoms with Crippen LogP contribution in [0.2, 0.25) is 0 Å². The van der Waals surface area contributed by atoms with Crippen LogP contribution in [0.4, 0.5) is 0 Å². The van der Waals surface area contributed by atoms with Gasteiger partial charge in [0.25, 0.3) is 0 Å². The van der Waals surface area contributed by atoms with E-state index in [0.29, 0.717) is 16.9 Å². The third-order valence-electron chi connectivity index (χ3n) is 8.53. The van der Waals surface area contributed by atoms with E-state index in [1.165, 1.54) is 44.9 Å². The van der Waals surface area contributed by atoms with Gasteiger partial charge in [-0.1, -0.05) is 32.4 Å². The summed E-state index contributed by atoms with van der Waals surface area (Å²) >= 11 is 0. The van der Waals surface area contributed by atoms with Crippen molar-refractivity contribution in [3.63, 3.8) is 0 Å². The van der Waals surface area contributed by atoms with Crippen LogP contribution in [-0.2, 0) is 4.74 Å². The largest absolute Gasteiger partial charge is 0.389 e. The smallest absolute Gasteiger partial charge is 0.0724 e. The Morgan fingerprint density at radius 3 is 2.71 bits per heavy atom. The van der Waals surface area contributed by atoms with E-state index in [1.54, 1.807) is 5.57 Å². The summed E-state index contributed by atoms with van der Waals surface area (Å²) in [5, 5.41) is 10.1. The van der Waals surface area contributed by atoms with Crippen molar-refractivity contribution in [3.05, 3.63) is 11.6 Å². The lowest BCUT2D eigenvalue weighted by Gasteiger charge is -2.58. The van der Waals surface area contributed by atoms with Crippen molar-refractivity contribution in [3.8, 4) is 0 Å². The van der Waals surface area contributed by atoms with E-state index in [4.69, 9.17) is 4.74 Å². The summed E-state index contributed by atoms with van der Waals surface area (Å²) in [5.41, 5.74) is 2.37. The van der Waals surface area contributed by atoms with Crippen LogP contribution in [0.5, 0.6) is 0 Å². The maximum absolute atomic E-state index is 10.1. The second-order valence-corrected chi connectivity index (χ2v) is 9.61. The van der Waals surface area contributed by atoms with Crippen LogP contribution < -0.4 is 0 Å².